The van der Waals surface area contributed by atoms with E-state index in [1.807, 2.05) is 0 Å². The highest BCUT2D eigenvalue weighted by Crippen LogP contribution is 2.25. The van der Waals surface area contributed by atoms with E-state index in [2.05, 4.69) is 59.2 Å². The van der Waals surface area contributed by atoms with E-state index in [9.17, 15) is 0 Å². The zero-order valence-electron chi connectivity index (χ0n) is 9.89. The van der Waals surface area contributed by atoms with E-state index >= 15 is 0 Å². The van der Waals surface area contributed by atoms with Crippen molar-refractivity contribution in [2.24, 2.45) is 5.92 Å². The number of aromatic nitrogens is 1. The van der Waals surface area contributed by atoms with Crippen LogP contribution in [0.15, 0.2) is 28.9 Å². The van der Waals surface area contributed by atoms with Gasteiger partial charge in [-0.1, -0.05) is 42.6 Å². The molecule has 0 radical (unpaired) electrons. The van der Waals surface area contributed by atoms with E-state index in [0.717, 1.165) is 10.4 Å². The molecule has 0 aliphatic heterocycles. The number of rotatable bonds is 4. The van der Waals surface area contributed by atoms with Crippen LogP contribution in [-0.4, -0.2) is 4.98 Å². The normalized spacial score (nSPS) is 13.2. The second-order valence-corrected chi connectivity index (χ2v) is 5.52. The number of halogens is 1. The zero-order chi connectivity index (χ0) is 11.5. The van der Waals surface area contributed by atoms with Crippen LogP contribution >= 0.6 is 15.9 Å². The second-order valence-electron chi connectivity index (χ2n) is 4.60. The van der Waals surface area contributed by atoms with Crippen molar-refractivity contribution in [2.45, 2.75) is 33.1 Å². The summed E-state index contributed by atoms with van der Waals surface area (Å²) < 4.78 is 1.16. The van der Waals surface area contributed by atoms with E-state index in [-0.39, 0.29) is 0 Å². The molecule has 0 fully saturated rings. The van der Waals surface area contributed by atoms with Gasteiger partial charge in [0.05, 0.1) is 0 Å². The highest BCUT2D eigenvalue weighted by Gasteiger charge is 2.08. The van der Waals surface area contributed by atoms with Gasteiger partial charge in [-0.25, -0.2) is 0 Å². The zero-order valence-corrected chi connectivity index (χ0v) is 11.5. The molecule has 0 saturated heterocycles. The van der Waals surface area contributed by atoms with Crippen LogP contribution in [-0.2, 0) is 6.42 Å². The molecule has 0 amide bonds. The lowest BCUT2D eigenvalue weighted by Crippen LogP contribution is -1.98. The van der Waals surface area contributed by atoms with Crippen molar-refractivity contribution in [1.29, 1.82) is 0 Å². The van der Waals surface area contributed by atoms with Gasteiger partial charge in [-0.15, -0.1) is 0 Å². The fourth-order valence-corrected chi connectivity index (χ4v) is 2.65. The summed E-state index contributed by atoms with van der Waals surface area (Å²) in [4.78, 5) is 3.34. The van der Waals surface area contributed by atoms with Crippen LogP contribution in [0.25, 0.3) is 10.9 Å². The molecule has 2 heteroatoms. The molecule has 16 heavy (non-hydrogen) atoms. The number of hydrogen-bond donors (Lipinski definition) is 1. The SMILES string of the molecule is CCCC(C)Cc1c[nH]c2ccc(Br)cc12. The predicted octanol–water partition coefficient (Wildman–Crippen LogP) is 4.91. The molecule has 1 atom stereocenters. The summed E-state index contributed by atoms with van der Waals surface area (Å²) in [6.45, 7) is 4.59. The highest BCUT2D eigenvalue weighted by atomic mass is 79.9. The van der Waals surface area contributed by atoms with Crippen molar-refractivity contribution in [3.05, 3.63) is 34.4 Å². The summed E-state index contributed by atoms with van der Waals surface area (Å²) in [7, 11) is 0. The third kappa shape index (κ3) is 2.49. The molecule has 2 aromatic rings. The van der Waals surface area contributed by atoms with Crippen molar-refractivity contribution >= 4 is 26.8 Å². The van der Waals surface area contributed by atoms with E-state index in [0.29, 0.717) is 0 Å². The summed E-state index contributed by atoms with van der Waals surface area (Å²) in [6.07, 6.45) is 5.90. The molecular formula is C14H18BrN. The molecular weight excluding hydrogens is 262 g/mol. The molecule has 0 aliphatic rings. The number of aromatic amines is 1. The van der Waals surface area contributed by atoms with Crippen LogP contribution in [0.3, 0.4) is 0 Å². The number of fused-ring (bicyclic) bond motifs is 1. The van der Waals surface area contributed by atoms with E-state index in [4.69, 9.17) is 0 Å². The summed E-state index contributed by atoms with van der Waals surface area (Å²) >= 11 is 3.53. The molecule has 2 rings (SSSR count). The number of hydrogen-bond acceptors (Lipinski definition) is 0. The van der Waals surface area contributed by atoms with E-state index in [1.165, 1.54) is 35.7 Å². The Balaban J connectivity index is 2.27. The average molecular weight is 280 g/mol. The Morgan fingerprint density at radius 1 is 1.38 bits per heavy atom. The lowest BCUT2D eigenvalue weighted by molar-refractivity contribution is 0.524. The lowest BCUT2D eigenvalue weighted by Gasteiger charge is -2.08. The van der Waals surface area contributed by atoms with Crippen molar-refractivity contribution in [3.63, 3.8) is 0 Å². The Kier molecular flexibility index (Phi) is 3.70. The van der Waals surface area contributed by atoms with Crippen molar-refractivity contribution < 1.29 is 0 Å². The Hall–Kier alpha value is -0.760. The molecule has 1 heterocycles. The molecule has 1 aromatic heterocycles. The maximum atomic E-state index is 3.53. The first kappa shape index (κ1) is 11.7. The van der Waals surface area contributed by atoms with E-state index < -0.39 is 0 Å². The van der Waals surface area contributed by atoms with Gasteiger partial charge in [0.15, 0.2) is 0 Å². The van der Waals surface area contributed by atoms with Crippen molar-refractivity contribution in [2.75, 3.05) is 0 Å². The predicted molar refractivity (Wildman–Crippen MR) is 73.8 cm³/mol. The van der Waals surface area contributed by atoms with Crippen LogP contribution in [0.2, 0.25) is 0 Å². The third-order valence-electron chi connectivity index (χ3n) is 3.08. The fraction of sp³-hybridized carbons (Fsp3) is 0.429. The van der Waals surface area contributed by atoms with Crippen molar-refractivity contribution in [3.8, 4) is 0 Å². The van der Waals surface area contributed by atoms with E-state index in [1.54, 1.807) is 0 Å². The van der Waals surface area contributed by atoms with Crippen LogP contribution in [0.5, 0.6) is 0 Å². The van der Waals surface area contributed by atoms with Gasteiger partial charge in [0.1, 0.15) is 0 Å². The molecule has 0 aliphatic carbocycles. The van der Waals surface area contributed by atoms with Gasteiger partial charge in [-0.3, -0.25) is 0 Å². The molecule has 1 nitrogen and oxygen atoms in total. The summed E-state index contributed by atoms with van der Waals surface area (Å²) in [5.74, 6) is 0.767. The first-order chi connectivity index (χ1) is 7.70. The minimum absolute atomic E-state index is 0.767. The van der Waals surface area contributed by atoms with Crippen LogP contribution in [0.4, 0.5) is 0 Å². The average Bonchev–Trinajstić information content (AvgIpc) is 2.61. The van der Waals surface area contributed by atoms with Crippen LogP contribution < -0.4 is 0 Å². The first-order valence-electron chi connectivity index (χ1n) is 5.96. The Bertz CT molecular complexity index is 473. The molecule has 86 valence electrons. The van der Waals surface area contributed by atoms with Gasteiger partial charge in [0, 0.05) is 21.6 Å². The Labute approximate surface area is 105 Å². The molecule has 1 unspecified atom stereocenters. The smallest absolute Gasteiger partial charge is 0.0457 e. The first-order valence-corrected chi connectivity index (χ1v) is 6.75. The number of nitrogens with one attached hydrogen (secondary N) is 1. The maximum absolute atomic E-state index is 3.53. The van der Waals surface area contributed by atoms with Gasteiger partial charge in [-0.2, -0.15) is 0 Å². The summed E-state index contributed by atoms with van der Waals surface area (Å²) in [6, 6.07) is 6.42. The van der Waals surface area contributed by atoms with Crippen molar-refractivity contribution in [1.82, 2.24) is 4.98 Å². The quantitative estimate of drug-likeness (QED) is 0.819. The molecule has 1 N–H and O–H groups in total. The minimum Gasteiger partial charge on any atom is -0.361 e. The Morgan fingerprint density at radius 2 is 2.19 bits per heavy atom. The largest absolute Gasteiger partial charge is 0.361 e. The summed E-state index contributed by atoms with van der Waals surface area (Å²) in [5.41, 5.74) is 2.68. The Morgan fingerprint density at radius 3 is 2.94 bits per heavy atom. The summed E-state index contributed by atoms with van der Waals surface area (Å²) in [5, 5.41) is 1.36. The van der Waals surface area contributed by atoms with Gasteiger partial charge in [0.2, 0.25) is 0 Å². The topological polar surface area (TPSA) is 15.8 Å². The molecule has 0 saturated carbocycles. The third-order valence-corrected chi connectivity index (χ3v) is 3.57. The number of H-pyrrole nitrogens is 1. The van der Waals surface area contributed by atoms with Gasteiger partial charge < -0.3 is 4.98 Å². The van der Waals surface area contributed by atoms with Gasteiger partial charge in [0.25, 0.3) is 0 Å². The monoisotopic (exact) mass is 279 g/mol. The standard InChI is InChI=1S/C14H18BrN/c1-3-4-10(2)7-11-9-16-14-6-5-12(15)8-13(11)14/h5-6,8-10,16H,3-4,7H2,1-2H3. The maximum Gasteiger partial charge on any atom is 0.0457 e. The van der Waals surface area contributed by atoms with Gasteiger partial charge >= 0.3 is 0 Å². The molecule has 0 bridgehead atoms. The molecule has 0 spiro atoms. The van der Waals surface area contributed by atoms with Gasteiger partial charge in [-0.05, 0) is 36.1 Å². The lowest BCUT2D eigenvalue weighted by atomic mass is 9.97. The minimum atomic E-state index is 0.767. The second kappa shape index (κ2) is 5.05. The fourth-order valence-electron chi connectivity index (χ4n) is 2.29. The van der Waals surface area contributed by atoms with Crippen LogP contribution in [0.1, 0.15) is 32.3 Å². The van der Waals surface area contributed by atoms with Crippen LogP contribution in [0, 0.1) is 5.92 Å². The highest BCUT2D eigenvalue weighted by molar-refractivity contribution is 9.10. The molecule has 1 aromatic carbocycles. The number of benzene rings is 1.